The number of pyridine rings is 1. The van der Waals surface area contributed by atoms with Crippen molar-refractivity contribution < 1.29 is 4.74 Å². The Balaban J connectivity index is 1.69. The summed E-state index contributed by atoms with van der Waals surface area (Å²) in [7, 11) is 0. The summed E-state index contributed by atoms with van der Waals surface area (Å²) in [6, 6.07) is 11.7. The Bertz CT molecular complexity index is 835. The first-order valence-electron chi connectivity index (χ1n) is 8.03. The molecule has 2 N–H and O–H groups in total. The van der Waals surface area contributed by atoms with E-state index >= 15 is 0 Å². The van der Waals surface area contributed by atoms with Crippen molar-refractivity contribution in [3.63, 3.8) is 0 Å². The molecule has 3 aromatic rings. The fourth-order valence-corrected chi connectivity index (χ4v) is 2.54. The second-order valence-corrected chi connectivity index (χ2v) is 6.16. The molecule has 0 aliphatic heterocycles. The smallest absolute Gasteiger partial charge is 0.219 e. The summed E-state index contributed by atoms with van der Waals surface area (Å²) in [6.07, 6.45) is 4.75. The Morgan fingerprint density at radius 1 is 1.00 bits per heavy atom. The Labute approximate surface area is 151 Å². The first kappa shape index (κ1) is 17.3. The van der Waals surface area contributed by atoms with Crippen LogP contribution in [0.4, 0.5) is 0 Å². The van der Waals surface area contributed by atoms with Crippen LogP contribution >= 0.6 is 11.6 Å². The van der Waals surface area contributed by atoms with Crippen molar-refractivity contribution in [2.45, 2.75) is 26.3 Å². The van der Waals surface area contributed by atoms with E-state index in [-0.39, 0.29) is 0 Å². The average molecular weight is 355 g/mol. The Morgan fingerprint density at radius 3 is 2.40 bits per heavy atom. The van der Waals surface area contributed by atoms with Gasteiger partial charge in [-0.05, 0) is 42.7 Å². The van der Waals surface area contributed by atoms with Gasteiger partial charge in [0, 0.05) is 37.1 Å². The summed E-state index contributed by atoms with van der Waals surface area (Å²) in [5.74, 6) is 2.08. The predicted octanol–water partition coefficient (Wildman–Crippen LogP) is 3.87. The summed E-state index contributed by atoms with van der Waals surface area (Å²) in [5.41, 5.74) is 8.70. The molecule has 0 aliphatic carbocycles. The molecule has 0 aliphatic rings. The van der Waals surface area contributed by atoms with E-state index in [4.69, 9.17) is 22.1 Å². The minimum Gasteiger partial charge on any atom is -0.439 e. The normalized spacial score (nSPS) is 10.7. The molecular weight excluding hydrogens is 336 g/mol. The summed E-state index contributed by atoms with van der Waals surface area (Å²) in [6.45, 7) is 2.46. The van der Waals surface area contributed by atoms with Gasteiger partial charge in [0.1, 0.15) is 11.6 Å². The highest BCUT2D eigenvalue weighted by molar-refractivity contribution is 6.30. The number of nitrogens with two attached hydrogens (primary N) is 1. The topological polar surface area (TPSA) is 73.9 Å². The highest BCUT2D eigenvalue weighted by Gasteiger charge is 2.05. The van der Waals surface area contributed by atoms with Crippen molar-refractivity contribution in [1.82, 2.24) is 15.0 Å². The minimum absolute atomic E-state index is 0.514. The van der Waals surface area contributed by atoms with Gasteiger partial charge in [0.05, 0.1) is 5.02 Å². The molecule has 0 fully saturated rings. The van der Waals surface area contributed by atoms with E-state index in [0.29, 0.717) is 17.4 Å². The number of benzene rings is 1. The highest BCUT2D eigenvalue weighted by atomic mass is 35.5. The average Bonchev–Trinajstić information content (AvgIpc) is 2.61. The molecule has 128 valence electrons. The lowest BCUT2D eigenvalue weighted by Crippen LogP contribution is -1.99. The van der Waals surface area contributed by atoms with Gasteiger partial charge < -0.3 is 10.5 Å². The third kappa shape index (κ3) is 4.98. The number of aryl methyl sites for hydroxylation is 3. The van der Waals surface area contributed by atoms with Crippen LogP contribution in [0, 0.1) is 6.92 Å². The van der Waals surface area contributed by atoms with Gasteiger partial charge in [-0.15, -0.1) is 0 Å². The number of hydrogen-bond donors (Lipinski definition) is 1. The highest BCUT2D eigenvalue weighted by Crippen LogP contribution is 2.22. The van der Waals surface area contributed by atoms with Gasteiger partial charge in [0.25, 0.3) is 0 Å². The fraction of sp³-hybridized carbons (Fsp3) is 0.211. The lowest BCUT2D eigenvalue weighted by atomic mass is 10.1. The molecule has 1 aromatic carbocycles. The molecule has 0 unspecified atom stereocenters. The van der Waals surface area contributed by atoms with Gasteiger partial charge in [0.2, 0.25) is 5.88 Å². The van der Waals surface area contributed by atoms with Crippen LogP contribution in [-0.4, -0.2) is 15.0 Å². The van der Waals surface area contributed by atoms with Crippen LogP contribution in [0.25, 0.3) is 0 Å². The van der Waals surface area contributed by atoms with Gasteiger partial charge in [-0.3, -0.25) is 0 Å². The fourth-order valence-electron chi connectivity index (χ4n) is 2.44. The number of ether oxygens (including phenoxy) is 1. The first-order valence-corrected chi connectivity index (χ1v) is 8.41. The van der Waals surface area contributed by atoms with Crippen LogP contribution in [0.5, 0.6) is 11.6 Å². The van der Waals surface area contributed by atoms with Crippen LogP contribution in [-0.2, 0) is 19.4 Å². The van der Waals surface area contributed by atoms with Crippen molar-refractivity contribution in [2.24, 2.45) is 5.73 Å². The van der Waals surface area contributed by atoms with E-state index in [0.717, 1.165) is 41.2 Å². The second-order valence-electron chi connectivity index (χ2n) is 5.72. The van der Waals surface area contributed by atoms with E-state index in [1.165, 1.54) is 0 Å². The van der Waals surface area contributed by atoms with Crippen LogP contribution in [0.1, 0.15) is 22.6 Å². The predicted molar refractivity (Wildman–Crippen MR) is 97.8 cm³/mol. The maximum atomic E-state index is 5.87. The molecule has 2 aromatic heterocycles. The van der Waals surface area contributed by atoms with Gasteiger partial charge >= 0.3 is 0 Å². The molecule has 0 radical (unpaired) electrons. The minimum atomic E-state index is 0.514. The molecule has 0 saturated heterocycles. The van der Waals surface area contributed by atoms with Crippen molar-refractivity contribution in [1.29, 1.82) is 0 Å². The largest absolute Gasteiger partial charge is 0.439 e. The van der Waals surface area contributed by atoms with Crippen LogP contribution < -0.4 is 10.5 Å². The molecular formula is C19H19ClN4O. The molecule has 0 spiro atoms. The van der Waals surface area contributed by atoms with Crippen molar-refractivity contribution in [3.8, 4) is 11.6 Å². The van der Waals surface area contributed by atoms with E-state index in [1.54, 1.807) is 12.4 Å². The second kappa shape index (κ2) is 8.05. The maximum Gasteiger partial charge on any atom is 0.219 e. The van der Waals surface area contributed by atoms with E-state index in [1.807, 2.05) is 43.3 Å². The summed E-state index contributed by atoms with van der Waals surface area (Å²) in [4.78, 5) is 12.9. The lowest BCUT2D eigenvalue weighted by Gasteiger charge is -2.09. The lowest BCUT2D eigenvalue weighted by molar-refractivity contribution is 0.460. The van der Waals surface area contributed by atoms with Gasteiger partial charge in [-0.2, -0.15) is 0 Å². The Kier molecular flexibility index (Phi) is 5.58. The molecule has 5 nitrogen and oxygen atoms in total. The zero-order chi connectivity index (χ0) is 17.6. The number of halogens is 1. The Hall–Kier alpha value is -2.50. The van der Waals surface area contributed by atoms with Gasteiger partial charge in [-0.25, -0.2) is 15.0 Å². The van der Waals surface area contributed by atoms with E-state index in [9.17, 15) is 0 Å². The molecule has 0 atom stereocenters. The van der Waals surface area contributed by atoms with E-state index in [2.05, 4.69) is 15.0 Å². The van der Waals surface area contributed by atoms with Crippen LogP contribution in [0.3, 0.4) is 0 Å². The number of aromatic nitrogens is 3. The standard InChI is InChI=1S/C19H19ClN4O/c1-13-8-15(4-7-18-22-11-16(20)12-23-18)9-19(24-13)25-17-5-2-14(10-21)3-6-17/h2-3,5-6,8-9,11-12H,4,7,10,21H2,1H3. The molecule has 25 heavy (non-hydrogen) atoms. The zero-order valence-electron chi connectivity index (χ0n) is 13.9. The number of hydrogen-bond acceptors (Lipinski definition) is 5. The van der Waals surface area contributed by atoms with Crippen LogP contribution in [0.2, 0.25) is 5.02 Å². The number of nitrogens with zero attached hydrogens (tertiary/aromatic N) is 3. The molecule has 0 bridgehead atoms. The first-order chi connectivity index (χ1) is 12.1. The number of rotatable bonds is 6. The van der Waals surface area contributed by atoms with Crippen molar-refractivity contribution in [2.75, 3.05) is 0 Å². The molecule has 2 heterocycles. The monoisotopic (exact) mass is 354 g/mol. The van der Waals surface area contributed by atoms with Gasteiger partial charge in [0.15, 0.2) is 0 Å². The van der Waals surface area contributed by atoms with Gasteiger partial charge in [-0.1, -0.05) is 23.7 Å². The van der Waals surface area contributed by atoms with Crippen molar-refractivity contribution >= 4 is 11.6 Å². The zero-order valence-corrected chi connectivity index (χ0v) is 14.7. The Morgan fingerprint density at radius 2 is 1.72 bits per heavy atom. The quantitative estimate of drug-likeness (QED) is 0.727. The molecule has 0 amide bonds. The van der Waals surface area contributed by atoms with E-state index < -0.39 is 0 Å². The third-order valence-corrected chi connectivity index (χ3v) is 3.88. The summed E-state index contributed by atoms with van der Waals surface area (Å²) in [5, 5.41) is 0.542. The SMILES string of the molecule is Cc1cc(CCc2ncc(Cl)cn2)cc(Oc2ccc(CN)cc2)n1. The van der Waals surface area contributed by atoms with Crippen molar-refractivity contribution in [3.05, 3.63) is 76.5 Å². The third-order valence-electron chi connectivity index (χ3n) is 3.68. The van der Waals surface area contributed by atoms with Crippen LogP contribution in [0.15, 0.2) is 48.8 Å². The maximum absolute atomic E-state index is 5.87. The summed E-state index contributed by atoms with van der Waals surface area (Å²) >= 11 is 5.81. The molecule has 6 heteroatoms. The summed E-state index contributed by atoms with van der Waals surface area (Å²) < 4.78 is 5.87. The molecule has 0 saturated carbocycles. The molecule has 3 rings (SSSR count).